The highest BCUT2D eigenvalue weighted by Crippen LogP contribution is 2.31. The summed E-state index contributed by atoms with van der Waals surface area (Å²) in [7, 11) is 1.54. The number of benzene rings is 2. The molecule has 2 aromatic heterocycles. The van der Waals surface area contributed by atoms with Crippen LogP contribution in [0.3, 0.4) is 0 Å². The van der Waals surface area contributed by atoms with E-state index < -0.39 is 5.97 Å². The Balaban J connectivity index is 1.70. The summed E-state index contributed by atoms with van der Waals surface area (Å²) >= 11 is 1.08. The summed E-state index contributed by atoms with van der Waals surface area (Å²) in [5, 5.41) is 24.5. The normalized spacial score (nSPS) is 10.8. The molecule has 4 aromatic rings. The van der Waals surface area contributed by atoms with Gasteiger partial charge in [-0.2, -0.15) is 5.10 Å². The lowest BCUT2D eigenvalue weighted by molar-refractivity contribution is -0.133. The van der Waals surface area contributed by atoms with Gasteiger partial charge in [-0.05, 0) is 41.5 Å². The summed E-state index contributed by atoms with van der Waals surface area (Å²) in [6, 6.07) is 15.8. The smallest absolute Gasteiger partial charge is 0.313 e. The third kappa shape index (κ3) is 4.50. The Hall–Kier alpha value is -3.63. The number of carboxylic acid groups (broad SMARTS) is 1. The Morgan fingerprint density at radius 1 is 1.10 bits per heavy atom. The number of nitrogens with zero attached hydrogens (tertiary/aromatic N) is 3. The maximum Gasteiger partial charge on any atom is 0.313 e. The van der Waals surface area contributed by atoms with E-state index in [-0.39, 0.29) is 5.75 Å². The summed E-state index contributed by atoms with van der Waals surface area (Å²) < 4.78 is 0. The third-order valence-electron chi connectivity index (χ3n) is 4.22. The lowest BCUT2D eigenvalue weighted by Crippen LogP contribution is -1.98. The van der Waals surface area contributed by atoms with Crippen molar-refractivity contribution in [2.45, 2.75) is 5.16 Å². The Morgan fingerprint density at radius 3 is 2.67 bits per heavy atom. The molecule has 4 rings (SSSR count). The average Bonchev–Trinajstić information content (AvgIpc) is 3.45. The van der Waals surface area contributed by atoms with Gasteiger partial charge in [0.2, 0.25) is 0 Å². The molecule has 0 spiro atoms. The zero-order chi connectivity index (χ0) is 20.9. The number of aliphatic carboxylic acids is 1. The first-order valence-corrected chi connectivity index (χ1v) is 9.93. The highest BCUT2D eigenvalue weighted by Gasteiger charge is 2.12. The summed E-state index contributed by atoms with van der Waals surface area (Å²) in [5.74, 6) is -0.471. The molecular formula is C20H18N6O3S. The van der Waals surface area contributed by atoms with E-state index in [9.17, 15) is 4.79 Å². The first kappa shape index (κ1) is 19.7. The maximum atomic E-state index is 10.8. The van der Waals surface area contributed by atoms with E-state index >= 15 is 0 Å². The number of carboxylic acids is 1. The van der Waals surface area contributed by atoms with Gasteiger partial charge in [0.15, 0.2) is 11.0 Å². The number of H-pyrrole nitrogens is 2. The Kier molecular flexibility index (Phi) is 5.77. The van der Waals surface area contributed by atoms with E-state index in [1.165, 1.54) is 0 Å². The van der Waals surface area contributed by atoms with E-state index in [4.69, 9.17) is 9.94 Å². The monoisotopic (exact) mass is 422 g/mol. The summed E-state index contributed by atoms with van der Waals surface area (Å²) in [6.45, 7) is 0. The van der Waals surface area contributed by atoms with Crippen molar-refractivity contribution in [1.29, 1.82) is 0 Å². The number of thioether (sulfide) groups is 1. The molecule has 0 bridgehead atoms. The zero-order valence-corrected chi connectivity index (χ0v) is 16.7. The van der Waals surface area contributed by atoms with Crippen LogP contribution in [0.4, 0.5) is 5.69 Å². The number of rotatable bonds is 8. The molecule has 0 aliphatic rings. The average molecular weight is 422 g/mol. The molecule has 0 aliphatic carbocycles. The SMILES string of the molecule is CONc1cc(-c2cccc(-c3cc[nH]n3)c2)cc(-c2nnc(SCC(=O)O)[nH]2)c1. The van der Waals surface area contributed by atoms with E-state index in [2.05, 4.69) is 36.9 Å². The molecule has 0 saturated carbocycles. The van der Waals surface area contributed by atoms with Crippen molar-refractivity contribution in [2.24, 2.45) is 0 Å². The van der Waals surface area contributed by atoms with Gasteiger partial charge >= 0.3 is 5.97 Å². The van der Waals surface area contributed by atoms with Crippen LogP contribution in [0.15, 0.2) is 59.9 Å². The third-order valence-corrected chi connectivity index (χ3v) is 5.07. The largest absolute Gasteiger partial charge is 0.481 e. The lowest BCUT2D eigenvalue weighted by atomic mass is 9.99. The minimum Gasteiger partial charge on any atom is -0.481 e. The fraction of sp³-hybridized carbons (Fsp3) is 0.100. The number of aromatic nitrogens is 5. The Morgan fingerprint density at radius 2 is 1.90 bits per heavy atom. The van der Waals surface area contributed by atoms with E-state index in [1.54, 1.807) is 13.3 Å². The molecule has 0 unspecified atom stereocenters. The first-order valence-electron chi connectivity index (χ1n) is 8.94. The highest BCUT2D eigenvalue weighted by atomic mass is 32.2. The van der Waals surface area contributed by atoms with Gasteiger partial charge in [-0.15, -0.1) is 10.2 Å². The fourth-order valence-electron chi connectivity index (χ4n) is 2.96. The molecule has 152 valence electrons. The van der Waals surface area contributed by atoms with Gasteiger partial charge in [0.25, 0.3) is 0 Å². The molecule has 0 radical (unpaired) electrons. The van der Waals surface area contributed by atoms with Crippen molar-refractivity contribution >= 4 is 23.4 Å². The second kappa shape index (κ2) is 8.80. The van der Waals surface area contributed by atoms with Crippen molar-refractivity contribution in [3.63, 3.8) is 0 Å². The van der Waals surface area contributed by atoms with Crippen molar-refractivity contribution in [2.75, 3.05) is 18.3 Å². The molecule has 0 aliphatic heterocycles. The van der Waals surface area contributed by atoms with Gasteiger partial charge in [0, 0.05) is 17.3 Å². The van der Waals surface area contributed by atoms with Crippen LogP contribution in [0.5, 0.6) is 0 Å². The summed E-state index contributed by atoms with van der Waals surface area (Å²) in [5.41, 5.74) is 8.18. The Labute approximate surface area is 175 Å². The highest BCUT2D eigenvalue weighted by molar-refractivity contribution is 7.99. The van der Waals surface area contributed by atoms with Gasteiger partial charge in [-0.1, -0.05) is 30.0 Å². The van der Waals surface area contributed by atoms with Crippen LogP contribution in [0, 0.1) is 0 Å². The zero-order valence-electron chi connectivity index (χ0n) is 15.9. The van der Waals surface area contributed by atoms with Crippen LogP contribution in [0.25, 0.3) is 33.8 Å². The topological polar surface area (TPSA) is 129 Å². The van der Waals surface area contributed by atoms with Crippen LogP contribution in [0.1, 0.15) is 0 Å². The fourth-order valence-corrected chi connectivity index (χ4v) is 3.49. The first-order chi connectivity index (χ1) is 14.6. The Bertz CT molecular complexity index is 1160. The quantitative estimate of drug-likeness (QED) is 0.250. The number of anilines is 1. The molecular weight excluding hydrogens is 404 g/mol. The van der Waals surface area contributed by atoms with Crippen molar-refractivity contribution in [3.05, 3.63) is 54.7 Å². The molecule has 2 heterocycles. The van der Waals surface area contributed by atoms with E-state index in [1.807, 2.05) is 42.5 Å². The van der Waals surface area contributed by atoms with Crippen LogP contribution >= 0.6 is 11.8 Å². The molecule has 10 heteroatoms. The number of carbonyl (C=O) groups is 1. The second-order valence-corrected chi connectivity index (χ2v) is 7.27. The molecule has 2 aromatic carbocycles. The predicted octanol–water partition coefficient (Wildman–Crippen LogP) is 3.68. The molecule has 0 atom stereocenters. The van der Waals surface area contributed by atoms with Crippen LogP contribution < -0.4 is 5.48 Å². The summed E-state index contributed by atoms with van der Waals surface area (Å²) in [4.78, 5) is 18.9. The standard InChI is InChI=1S/C20H18N6O3S/c1-29-26-16-9-14(12-3-2-4-13(7-12)17-5-6-21-23-17)8-15(10-16)19-22-20(25-24-19)30-11-18(27)28/h2-10,26H,11H2,1H3,(H,21,23)(H,27,28)(H,22,24,25). The maximum absolute atomic E-state index is 10.8. The van der Waals surface area contributed by atoms with Crippen molar-refractivity contribution in [3.8, 4) is 33.8 Å². The van der Waals surface area contributed by atoms with Crippen molar-refractivity contribution < 1.29 is 14.7 Å². The molecule has 30 heavy (non-hydrogen) atoms. The van der Waals surface area contributed by atoms with Gasteiger partial charge < -0.3 is 10.1 Å². The lowest BCUT2D eigenvalue weighted by Gasteiger charge is -2.10. The summed E-state index contributed by atoms with van der Waals surface area (Å²) in [6.07, 6.45) is 1.78. The molecule has 0 fully saturated rings. The van der Waals surface area contributed by atoms with Crippen LogP contribution in [-0.4, -0.2) is 49.3 Å². The minimum absolute atomic E-state index is 0.0921. The van der Waals surface area contributed by atoms with E-state index in [0.29, 0.717) is 11.0 Å². The van der Waals surface area contributed by atoms with Crippen LogP contribution in [-0.2, 0) is 9.63 Å². The number of aromatic amines is 2. The molecule has 9 nitrogen and oxygen atoms in total. The van der Waals surface area contributed by atoms with Crippen LogP contribution in [0.2, 0.25) is 0 Å². The van der Waals surface area contributed by atoms with Gasteiger partial charge in [0.05, 0.1) is 24.2 Å². The second-order valence-electron chi connectivity index (χ2n) is 6.31. The number of hydrogen-bond donors (Lipinski definition) is 4. The molecule has 0 amide bonds. The molecule has 0 saturated heterocycles. The minimum atomic E-state index is -0.914. The van der Waals surface area contributed by atoms with Gasteiger partial charge in [-0.3, -0.25) is 20.2 Å². The molecule has 4 N–H and O–H groups in total. The predicted molar refractivity (Wildman–Crippen MR) is 114 cm³/mol. The van der Waals surface area contributed by atoms with E-state index in [0.717, 1.165) is 45.4 Å². The van der Waals surface area contributed by atoms with Gasteiger partial charge in [-0.25, -0.2) is 0 Å². The van der Waals surface area contributed by atoms with Crippen molar-refractivity contribution in [1.82, 2.24) is 25.4 Å². The van der Waals surface area contributed by atoms with Gasteiger partial charge in [0.1, 0.15) is 0 Å². The number of hydrogen-bond acceptors (Lipinski definition) is 7. The number of nitrogens with one attached hydrogen (secondary N) is 3.